The van der Waals surface area contributed by atoms with Gasteiger partial charge in [-0.25, -0.2) is 0 Å². The monoisotopic (exact) mass is 305 g/mol. The van der Waals surface area contributed by atoms with Crippen LogP contribution in [0.2, 0.25) is 0 Å². The van der Waals surface area contributed by atoms with Crippen LogP contribution < -0.4 is 5.32 Å². The number of allylic oxidation sites excluding steroid dienone is 6. The van der Waals surface area contributed by atoms with Crippen molar-refractivity contribution in [1.82, 2.24) is 5.32 Å². The molecule has 0 aliphatic carbocycles. The van der Waals surface area contributed by atoms with Crippen LogP contribution in [0.5, 0.6) is 0 Å². The van der Waals surface area contributed by atoms with Crippen LogP contribution in [-0.4, -0.2) is 14.1 Å². The molecule has 1 N–H and O–H groups in total. The highest BCUT2D eigenvalue weighted by Gasteiger charge is 2.10. The van der Waals surface area contributed by atoms with Crippen molar-refractivity contribution < 1.29 is 4.74 Å². The summed E-state index contributed by atoms with van der Waals surface area (Å²) in [7, 11) is 3.75. The average Bonchev–Trinajstić information content (AvgIpc) is 2.55. The molecule has 2 rings (SSSR count). The van der Waals surface area contributed by atoms with Crippen molar-refractivity contribution in [2.45, 2.75) is 6.92 Å². The first-order valence-electron chi connectivity index (χ1n) is 7.08. The molecule has 1 aromatic carbocycles. The third-order valence-electron chi connectivity index (χ3n) is 2.69. The Morgan fingerprint density at radius 3 is 2.22 bits per heavy atom. The molecule has 1 aliphatic heterocycles. The normalized spacial score (nSPS) is 12.8. The van der Waals surface area contributed by atoms with Crippen molar-refractivity contribution in [2.24, 2.45) is 0 Å². The molecule has 0 saturated carbocycles. The van der Waals surface area contributed by atoms with Crippen LogP contribution in [0.15, 0.2) is 71.2 Å². The highest BCUT2D eigenvalue weighted by molar-refractivity contribution is 5.56. The lowest BCUT2D eigenvalue weighted by Gasteiger charge is -2.13. The topological polar surface area (TPSA) is 68.8 Å². The van der Waals surface area contributed by atoms with Crippen molar-refractivity contribution >= 4 is 6.08 Å². The minimum absolute atomic E-state index is 0.0817. The van der Waals surface area contributed by atoms with Gasteiger partial charge in [-0.1, -0.05) is 36.4 Å². The van der Waals surface area contributed by atoms with Crippen LogP contribution in [0.1, 0.15) is 12.5 Å². The first-order chi connectivity index (χ1) is 11.1. The summed E-state index contributed by atoms with van der Waals surface area (Å²) in [5.41, 5.74) is 1.71. The minimum Gasteiger partial charge on any atom is -0.462 e. The maximum absolute atomic E-state index is 8.91. The van der Waals surface area contributed by atoms with E-state index < -0.39 is 0 Å². The Balaban J connectivity index is 0.000000816. The summed E-state index contributed by atoms with van der Waals surface area (Å²) in [5, 5.41) is 20.6. The van der Waals surface area contributed by atoms with Gasteiger partial charge in [0.2, 0.25) is 0 Å². The van der Waals surface area contributed by atoms with Gasteiger partial charge < -0.3 is 10.1 Å². The van der Waals surface area contributed by atoms with Crippen molar-refractivity contribution in [3.05, 3.63) is 76.8 Å². The second-order valence-corrected chi connectivity index (χ2v) is 4.70. The zero-order valence-electron chi connectivity index (χ0n) is 13.5. The highest BCUT2D eigenvalue weighted by Crippen LogP contribution is 2.22. The van der Waals surface area contributed by atoms with Gasteiger partial charge in [-0.3, -0.25) is 0 Å². The fourth-order valence-corrected chi connectivity index (χ4v) is 1.78. The SMILES string of the molecule is CC1=CC(=C(C#N)C#N)C=C(C=Cc2ccccc2)O1.CNC. The van der Waals surface area contributed by atoms with Crippen molar-refractivity contribution in [3.8, 4) is 12.1 Å². The summed E-state index contributed by atoms with van der Waals surface area (Å²) < 4.78 is 5.56. The van der Waals surface area contributed by atoms with E-state index in [1.54, 1.807) is 19.1 Å². The van der Waals surface area contributed by atoms with Gasteiger partial charge in [0.15, 0.2) is 0 Å². The molecule has 0 fully saturated rings. The fourth-order valence-electron chi connectivity index (χ4n) is 1.78. The van der Waals surface area contributed by atoms with Crippen LogP contribution in [-0.2, 0) is 4.74 Å². The van der Waals surface area contributed by atoms with E-state index in [4.69, 9.17) is 15.3 Å². The molecule has 0 atom stereocenters. The zero-order chi connectivity index (χ0) is 17.1. The van der Waals surface area contributed by atoms with Gasteiger partial charge in [-0.15, -0.1) is 0 Å². The molecule has 4 heteroatoms. The van der Waals surface area contributed by atoms with Crippen LogP contribution >= 0.6 is 0 Å². The Labute approximate surface area is 137 Å². The third kappa shape index (κ3) is 6.05. The van der Waals surface area contributed by atoms with Crippen molar-refractivity contribution in [2.75, 3.05) is 14.1 Å². The molecule has 1 aromatic rings. The lowest BCUT2D eigenvalue weighted by Crippen LogP contribution is -1.97. The number of hydrogen-bond donors (Lipinski definition) is 1. The van der Waals surface area contributed by atoms with Crippen LogP contribution in [0.3, 0.4) is 0 Å². The molecule has 0 bridgehead atoms. The second-order valence-electron chi connectivity index (χ2n) is 4.70. The van der Waals surface area contributed by atoms with Gasteiger partial charge in [0.05, 0.1) is 0 Å². The second kappa shape index (κ2) is 9.78. The lowest BCUT2D eigenvalue weighted by atomic mass is 10.1. The molecule has 0 amide bonds. The number of nitriles is 2. The molecule has 23 heavy (non-hydrogen) atoms. The Morgan fingerprint density at radius 1 is 1.04 bits per heavy atom. The molecular formula is C19H19N3O. The largest absolute Gasteiger partial charge is 0.462 e. The Kier molecular flexibility index (Phi) is 7.64. The molecule has 0 aromatic heterocycles. The number of nitrogens with one attached hydrogen (secondary N) is 1. The standard InChI is InChI=1S/C17H12N2O.C2H7N/c1-13-9-15(16(11-18)12-19)10-17(20-13)8-7-14-5-3-2-4-6-14;1-3-2/h2-10H,1H3;3H,1-2H3. The first-order valence-corrected chi connectivity index (χ1v) is 7.08. The molecule has 1 aliphatic rings. The Hall–Kier alpha value is -3.08. The number of nitrogens with zero attached hydrogens (tertiary/aromatic N) is 2. The smallest absolute Gasteiger partial charge is 0.137 e. The predicted octanol–water partition coefficient (Wildman–Crippen LogP) is 3.70. The zero-order valence-corrected chi connectivity index (χ0v) is 13.5. The van der Waals surface area contributed by atoms with Gasteiger partial charge in [0.1, 0.15) is 29.2 Å². The van der Waals surface area contributed by atoms with E-state index in [2.05, 4.69) is 5.32 Å². The Bertz CT molecular complexity index is 710. The molecule has 116 valence electrons. The molecule has 4 nitrogen and oxygen atoms in total. The summed E-state index contributed by atoms with van der Waals surface area (Å²) in [6.07, 6.45) is 7.11. The molecule has 0 unspecified atom stereocenters. The summed E-state index contributed by atoms with van der Waals surface area (Å²) in [4.78, 5) is 0. The van der Waals surface area contributed by atoms with Gasteiger partial charge in [0, 0.05) is 5.57 Å². The molecule has 1 heterocycles. The van der Waals surface area contributed by atoms with Crippen LogP contribution in [0.25, 0.3) is 6.08 Å². The predicted molar refractivity (Wildman–Crippen MR) is 91.6 cm³/mol. The molecule has 0 saturated heterocycles. The Morgan fingerprint density at radius 2 is 1.65 bits per heavy atom. The maximum Gasteiger partial charge on any atom is 0.137 e. The fraction of sp³-hybridized carbons (Fsp3) is 0.158. The number of benzene rings is 1. The van der Waals surface area contributed by atoms with Gasteiger partial charge >= 0.3 is 0 Å². The minimum atomic E-state index is 0.0817. The summed E-state index contributed by atoms with van der Waals surface area (Å²) in [6, 6.07) is 13.6. The maximum atomic E-state index is 8.91. The molecule has 0 spiro atoms. The number of hydrogen-bond acceptors (Lipinski definition) is 4. The average molecular weight is 305 g/mol. The van der Waals surface area contributed by atoms with E-state index >= 15 is 0 Å². The molecular weight excluding hydrogens is 286 g/mol. The van der Waals surface area contributed by atoms with E-state index in [1.807, 2.05) is 68.7 Å². The van der Waals surface area contributed by atoms with E-state index in [0.29, 0.717) is 17.1 Å². The first kappa shape index (κ1) is 18.0. The third-order valence-corrected chi connectivity index (χ3v) is 2.69. The van der Waals surface area contributed by atoms with E-state index in [-0.39, 0.29) is 5.57 Å². The molecule has 0 radical (unpaired) electrons. The van der Waals surface area contributed by atoms with E-state index in [9.17, 15) is 0 Å². The van der Waals surface area contributed by atoms with Crippen molar-refractivity contribution in [3.63, 3.8) is 0 Å². The summed E-state index contributed by atoms with van der Waals surface area (Å²) in [5.74, 6) is 1.25. The van der Waals surface area contributed by atoms with E-state index in [0.717, 1.165) is 5.56 Å². The summed E-state index contributed by atoms with van der Waals surface area (Å²) in [6.45, 7) is 1.79. The number of rotatable bonds is 2. The van der Waals surface area contributed by atoms with Crippen LogP contribution in [0.4, 0.5) is 0 Å². The van der Waals surface area contributed by atoms with E-state index in [1.165, 1.54) is 0 Å². The van der Waals surface area contributed by atoms with Gasteiger partial charge in [0.25, 0.3) is 0 Å². The number of ether oxygens (including phenoxy) is 1. The van der Waals surface area contributed by atoms with Gasteiger partial charge in [-0.2, -0.15) is 10.5 Å². The van der Waals surface area contributed by atoms with Crippen LogP contribution in [0, 0.1) is 22.7 Å². The quantitative estimate of drug-likeness (QED) is 0.846. The van der Waals surface area contributed by atoms with Gasteiger partial charge in [-0.05, 0) is 44.8 Å². The summed E-state index contributed by atoms with van der Waals surface area (Å²) >= 11 is 0. The highest BCUT2D eigenvalue weighted by atomic mass is 16.5. The lowest BCUT2D eigenvalue weighted by molar-refractivity contribution is 0.318. The van der Waals surface area contributed by atoms with Crippen molar-refractivity contribution in [1.29, 1.82) is 10.5 Å².